The van der Waals surface area contributed by atoms with E-state index in [1.807, 2.05) is 4.90 Å². The number of piperidine rings is 1. The zero-order valence-electron chi connectivity index (χ0n) is 10.7. The quantitative estimate of drug-likeness (QED) is 0.796. The highest BCUT2D eigenvalue weighted by Crippen LogP contribution is 2.26. The summed E-state index contributed by atoms with van der Waals surface area (Å²) < 4.78 is 0. The fourth-order valence-electron chi connectivity index (χ4n) is 2.59. The number of carbonyl (C=O) groups is 1. The van der Waals surface area contributed by atoms with Crippen LogP contribution in [0, 0.1) is 0 Å². The number of anilines is 1. The van der Waals surface area contributed by atoms with Gasteiger partial charge in [-0.1, -0.05) is 11.6 Å². The van der Waals surface area contributed by atoms with Gasteiger partial charge in [0, 0.05) is 12.1 Å². The molecule has 5 heteroatoms. The van der Waals surface area contributed by atoms with Gasteiger partial charge in [0.1, 0.15) is 5.15 Å². The summed E-state index contributed by atoms with van der Waals surface area (Å²) in [6.07, 6.45) is 4.68. The Balaban J connectivity index is 2.32. The molecule has 0 spiro atoms. The van der Waals surface area contributed by atoms with Crippen LogP contribution in [0.25, 0.3) is 0 Å². The molecule has 0 saturated carbocycles. The molecule has 0 aromatic carbocycles. The Morgan fingerprint density at radius 3 is 2.67 bits per heavy atom. The van der Waals surface area contributed by atoms with Crippen LogP contribution in [-0.2, 0) is 0 Å². The molecule has 1 aromatic rings. The van der Waals surface area contributed by atoms with Gasteiger partial charge in [-0.3, -0.25) is 4.79 Å². The third-order valence-corrected chi connectivity index (χ3v) is 3.77. The largest absolute Gasteiger partial charge is 0.397 e. The number of rotatable bonds is 1. The lowest BCUT2D eigenvalue weighted by molar-refractivity contribution is 0.0512. The van der Waals surface area contributed by atoms with E-state index in [-0.39, 0.29) is 18.0 Å². The number of carbonyl (C=O) groups excluding carboxylic acids is 1. The van der Waals surface area contributed by atoms with Crippen LogP contribution in [0.2, 0.25) is 5.15 Å². The maximum atomic E-state index is 12.6. The van der Waals surface area contributed by atoms with E-state index in [0.717, 1.165) is 12.8 Å². The number of amides is 1. The summed E-state index contributed by atoms with van der Waals surface area (Å²) in [5.74, 6) is -0.0449. The molecule has 1 fully saturated rings. The van der Waals surface area contributed by atoms with Crippen LogP contribution in [0.1, 0.15) is 43.5 Å². The van der Waals surface area contributed by atoms with Crippen molar-refractivity contribution >= 4 is 23.2 Å². The number of nitrogens with two attached hydrogens (primary N) is 1. The maximum absolute atomic E-state index is 12.6. The SMILES string of the molecule is C[C@@H]1CCC[C@H](C)N1C(=O)c1cc(Cl)ncc1N. The van der Waals surface area contributed by atoms with Gasteiger partial charge in [-0.25, -0.2) is 4.98 Å². The Bertz CT molecular complexity index is 454. The Labute approximate surface area is 112 Å². The predicted octanol–water partition coefficient (Wildman–Crippen LogP) is 2.72. The van der Waals surface area contributed by atoms with Crippen molar-refractivity contribution in [3.05, 3.63) is 23.0 Å². The average Bonchev–Trinajstić information content (AvgIpc) is 2.32. The molecule has 0 unspecified atom stereocenters. The van der Waals surface area contributed by atoms with Gasteiger partial charge in [0.05, 0.1) is 17.4 Å². The molecule has 2 rings (SSSR count). The van der Waals surface area contributed by atoms with E-state index >= 15 is 0 Å². The molecular formula is C13H18ClN3O. The molecule has 0 radical (unpaired) electrons. The Morgan fingerprint density at radius 1 is 1.44 bits per heavy atom. The lowest BCUT2D eigenvalue weighted by Gasteiger charge is -2.39. The monoisotopic (exact) mass is 267 g/mol. The van der Waals surface area contributed by atoms with E-state index in [1.54, 1.807) is 6.07 Å². The van der Waals surface area contributed by atoms with Crippen molar-refractivity contribution < 1.29 is 4.79 Å². The van der Waals surface area contributed by atoms with Gasteiger partial charge in [-0.05, 0) is 39.2 Å². The molecule has 0 aliphatic carbocycles. The highest BCUT2D eigenvalue weighted by atomic mass is 35.5. The summed E-state index contributed by atoms with van der Waals surface area (Å²) in [4.78, 5) is 18.3. The highest BCUT2D eigenvalue weighted by Gasteiger charge is 2.30. The maximum Gasteiger partial charge on any atom is 0.256 e. The molecule has 1 aromatic heterocycles. The van der Waals surface area contributed by atoms with E-state index in [2.05, 4.69) is 18.8 Å². The minimum Gasteiger partial charge on any atom is -0.397 e. The van der Waals surface area contributed by atoms with Gasteiger partial charge in [0.2, 0.25) is 0 Å². The average molecular weight is 268 g/mol. The molecule has 18 heavy (non-hydrogen) atoms. The molecule has 2 N–H and O–H groups in total. The predicted molar refractivity (Wildman–Crippen MR) is 72.6 cm³/mol. The zero-order chi connectivity index (χ0) is 13.3. The third kappa shape index (κ3) is 2.43. The van der Waals surface area contributed by atoms with Gasteiger partial charge in [0.25, 0.3) is 5.91 Å². The lowest BCUT2D eigenvalue weighted by atomic mass is 9.96. The van der Waals surface area contributed by atoms with Crippen LogP contribution < -0.4 is 5.73 Å². The van der Waals surface area contributed by atoms with Crippen molar-refractivity contribution in [2.45, 2.75) is 45.2 Å². The Kier molecular flexibility index (Phi) is 3.76. The van der Waals surface area contributed by atoms with Crippen LogP contribution in [-0.4, -0.2) is 27.9 Å². The standard InChI is InChI=1S/C13H18ClN3O/c1-8-4-3-5-9(2)17(8)13(18)10-6-12(14)16-7-11(10)15/h6-9H,3-5,15H2,1-2H3/t8-,9+. The molecule has 4 nitrogen and oxygen atoms in total. The van der Waals surface area contributed by atoms with Crippen molar-refractivity contribution in [3.63, 3.8) is 0 Å². The second-order valence-corrected chi connectivity index (χ2v) is 5.32. The number of nitrogens with zero attached hydrogens (tertiary/aromatic N) is 2. The molecule has 98 valence electrons. The molecular weight excluding hydrogens is 250 g/mol. The zero-order valence-corrected chi connectivity index (χ0v) is 11.4. The molecule has 2 heterocycles. The number of aromatic nitrogens is 1. The number of hydrogen-bond acceptors (Lipinski definition) is 3. The fraction of sp³-hybridized carbons (Fsp3) is 0.538. The highest BCUT2D eigenvalue weighted by molar-refractivity contribution is 6.29. The first-order chi connectivity index (χ1) is 8.50. The molecule has 1 amide bonds. The van der Waals surface area contributed by atoms with E-state index < -0.39 is 0 Å². The van der Waals surface area contributed by atoms with Crippen molar-refractivity contribution in [2.75, 3.05) is 5.73 Å². The Morgan fingerprint density at radius 2 is 2.06 bits per heavy atom. The van der Waals surface area contributed by atoms with Crippen molar-refractivity contribution in [1.29, 1.82) is 0 Å². The van der Waals surface area contributed by atoms with E-state index in [1.165, 1.54) is 12.6 Å². The second-order valence-electron chi connectivity index (χ2n) is 4.94. The number of pyridine rings is 1. The van der Waals surface area contributed by atoms with Gasteiger partial charge in [-0.2, -0.15) is 0 Å². The minimum atomic E-state index is -0.0449. The second kappa shape index (κ2) is 5.14. The van der Waals surface area contributed by atoms with Crippen LogP contribution >= 0.6 is 11.6 Å². The van der Waals surface area contributed by atoms with Crippen molar-refractivity contribution in [3.8, 4) is 0 Å². The van der Waals surface area contributed by atoms with E-state index in [9.17, 15) is 4.79 Å². The third-order valence-electron chi connectivity index (χ3n) is 3.56. The van der Waals surface area contributed by atoms with Crippen LogP contribution in [0.15, 0.2) is 12.3 Å². The summed E-state index contributed by atoms with van der Waals surface area (Å²) in [6.45, 7) is 4.15. The summed E-state index contributed by atoms with van der Waals surface area (Å²) in [7, 11) is 0. The molecule has 0 bridgehead atoms. The summed E-state index contributed by atoms with van der Waals surface area (Å²) in [5.41, 5.74) is 6.66. The number of halogens is 1. The van der Waals surface area contributed by atoms with Crippen LogP contribution in [0.5, 0.6) is 0 Å². The summed E-state index contributed by atoms with van der Waals surface area (Å²) >= 11 is 5.84. The first kappa shape index (κ1) is 13.1. The normalized spacial score (nSPS) is 24.1. The number of likely N-dealkylation sites (tertiary alicyclic amines) is 1. The van der Waals surface area contributed by atoms with E-state index in [4.69, 9.17) is 17.3 Å². The van der Waals surface area contributed by atoms with Crippen LogP contribution in [0.3, 0.4) is 0 Å². The first-order valence-corrected chi connectivity index (χ1v) is 6.62. The van der Waals surface area contributed by atoms with Crippen molar-refractivity contribution in [2.24, 2.45) is 0 Å². The fourth-order valence-corrected chi connectivity index (χ4v) is 2.74. The molecule has 1 saturated heterocycles. The first-order valence-electron chi connectivity index (χ1n) is 6.24. The van der Waals surface area contributed by atoms with Gasteiger partial charge in [-0.15, -0.1) is 0 Å². The number of hydrogen-bond donors (Lipinski definition) is 1. The smallest absolute Gasteiger partial charge is 0.256 e. The lowest BCUT2D eigenvalue weighted by Crippen LogP contribution is -2.47. The van der Waals surface area contributed by atoms with Gasteiger partial charge < -0.3 is 10.6 Å². The summed E-state index contributed by atoms with van der Waals surface area (Å²) in [6, 6.07) is 2.04. The number of nitrogen functional groups attached to an aromatic ring is 1. The topological polar surface area (TPSA) is 59.2 Å². The molecule has 2 atom stereocenters. The van der Waals surface area contributed by atoms with Crippen molar-refractivity contribution in [1.82, 2.24) is 9.88 Å². The van der Waals surface area contributed by atoms with Gasteiger partial charge in [0.15, 0.2) is 0 Å². The molecule has 1 aliphatic rings. The minimum absolute atomic E-state index is 0.0449. The van der Waals surface area contributed by atoms with Gasteiger partial charge >= 0.3 is 0 Å². The Hall–Kier alpha value is -1.29. The van der Waals surface area contributed by atoms with Crippen LogP contribution in [0.4, 0.5) is 5.69 Å². The molecule has 1 aliphatic heterocycles. The summed E-state index contributed by atoms with van der Waals surface area (Å²) in [5, 5.41) is 0.296. The van der Waals surface area contributed by atoms with E-state index in [0.29, 0.717) is 16.4 Å².